The van der Waals surface area contributed by atoms with E-state index < -0.39 is 53.8 Å². The van der Waals surface area contributed by atoms with Gasteiger partial charge in [-0.2, -0.15) is 11.8 Å². The fourth-order valence-corrected chi connectivity index (χ4v) is 4.83. The molecule has 0 spiro atoms. The Bertz CT molecular complexity index is 989. The second-order valence-corrected chi connectivity index (χ2v) is 9.69. The standard InChI is InChI=1S/C24H30N4O7S/c1-15-12-18(26-22(32)17(25-14-29)10-11-36-2)23(33)27(15)19(13-16-6-4-3-5-7-16)24(34)35-28-20(30)8-9-21(28)31/h3-7,14-15,17-19H,8-13H2,1-2H3,(H,25,29)(H,26,32)/t15?,17-,18-,19-/m1/s1. The number of nitrogens with zero attached hydrogens (tertiary/aromatic N) is 2. The molecule has 5 amide bonds. The Kier molecular flexibility index (Phi) is 9.45. The third-order valence-corrected chi connectivity index (χ3v) is 6.83. The van der Waals surface area contributed by atoms with Crippen molar-refractivity contribution in [2.24, 2.45) is 0 Å². The number of hydroxylamine groups is 2. The summed E-state index contributed by atoms with van der Waals surface area (Å²) in [6.07, 6.45) is 2.96. The summed E-state index contributed by atoms with van der Waals surface area (Å²) in [7, 11) is 0. The highest BCUT2D eigenvalue weighted by molar-refractivity contribution is 7.98. The Hall–Kier alpha value is -3.41. The zero-order chi connectivity index (χ0) is 26.2. The third kappa shape index (κ3) is 6.42. The van der Waals surface area contributed by atoms with Gasteiger partial charge in [-0.3, -0.25) is 24.0 Å². The number of likely N-dealkylation sites (tertiary alicyclic amines) is 1. The number of hydrogen-bond acceptors (Lipinski definition) is 8. The maximum absolute atomic E-state index is 13.4. The van der Waals surface area contributed by atoms with E-state index in [9.17, 15) is 28.8 Å². The first-order valence-corrected chi connectivity index (χ1v) is 13.1. The average Bonchev–Trinajstić information content (AvgIpc) is 3.32. The van der Waals surface area contributed by atoms with Crippen molar-refractivity contribution in [2.45, 2.75) is 63.2 Å². The summed E-state index contributed by atoms with van der Waals surface area (Å²) in [5.41, 5.74) is 0.748. The van der Waals surface area contributed by atoms with Crippen molar-refractivity contribution in [3.63, 3.8) is 0 Å². The highest BCUT2D eigenvalue weighted by Crippen LogP contribution is 2.26. The SMILES string of the molecule is CSCC[C@@H](NC=O)C(=O)N[C@@H]1CC(C)N([C@H](Cc2ccccc2)C(=O)ON2C(=O)CCC2=O)C1=O. The fourth-order valence-electron chi connectivity index (χ4n) is 4.36. The largest absolute Gasteiger partial charge is 0.355 e. The summed E-state index contributed by atoms with van der Waals surface area (Å²) in [6.45, 7) is 1.75. The normalized spacial score (nSPS) is 21.3. The Morgan fingerprint density at radius 2 is 1.83 bits per heavy atom. The van der Waals surface area contributed by atoms with Crippen LogP contribution in [0.4, 0.5) is 0 Å². The number of carbonyl (C=O) groups excluding carboxylic acids is 6. The van der Waals surface area contributed by atoms with Crippen molar-refractivity contribution in [1.29, 1.82) is 0 Å². The van der Waals surface area contributed by atoms with Crippen LogP contribution < -0.4 is 10.6 Å². The van der Waals surface area contributed by atoms with Crippen molar-refractivity contribution in [1.82, 2.24) is 20.6 Å². The van der Waals surface area contributed by atoms with E-state index in [1.54, 1.807) is 31.2 Å². The van der Waals surface area contributed by atoms with Gasteiger partial charge in [0.25, 0.3) is 11.8 Å². The molecular formula is C24H30N4O7S. The maximum atomic E-state index is 13.4. The highest BCUT2D eigenvalue weighted by Gasteiger charge is 2.46. The Morgan fingerprint density at radius 3 is 2.44 bits per heavy atom. The molecular weight excluding hydrogens is 488 g/mol. The van der Waals surface area contributed by atoms with Crippen LogP contribution >= 0.6 is 11.8 Å². The Morgan fingerprint density at radius 1 is 1.17 bits per heavy atom. The summed E-state index contributed by atoms with van der Waals surface area (Å²) in [6, 6.07) is 5.71. The quantitative estimate of drug-likeness (QED) is 0.295. The molecule has 0 aromatic heterocycles. The van der Waals surface area contributed by atoms with E-state index >= 15 is 0 Å². The van der Waals surface area contributed by atoms with E-state index in [4.69, 9.17) is 4.84 Å². The first kappa shape index (κ1) is 27.2. The number of thioether (sulfide) groups is 1. The van der Waals surface area contributed by atoms with Crippen LogP contribution in [0, 0.1) is 0 Å². The zero-order valence-corrected chi connectivity index (χ0v) is 21.0. The summed E-state index contributed by atoms with van der Waals surface area (Å²) in [5.74, 6) is -2.47. The van der Waals surface area contributed by atoms with Crippen LogP contribution in [0.5, 0.6) is 0 Å². The summed E-state index contributed by atoms with van der Waals surface area (Å²) in [5, 5.41) is 5.64. The van der Waals surface area contributed by atoms with Gasteiger partial charge in [0.05, 0.1) is 0 Å². The smallest absolute Gasteiger partial charge is 0.347 e. The lowest BCUT2D eigenvalue weighted by Gasteiger charge is -2.31. The van der Waals surface area contributed by atoms with Gasteiger partial charge >= 0.3 is 5.97 Å². The molecule has 11 nitrogen and oxygen atoms in total. The van der Waals surface area contributed by atoms with E-state index in [2.05, 4.69) is 10.6 Å². The van der Waals surface area contributed by atoms with Gasteiger partial charge < -0.3 is 20.4 Å². The van der Waals surface area contributed by atoms with Crippen LogP contribution in [0.25, 0.3) is 0 Å². The monoisotopic (exact) mass is 518 g/mol. The Balaban J connectivity index is 1.79. The lowest BCUT2D eigenvalue weighted by molar-refractivity contribution is -0.201. The van der Waals surface area contributed by atoms with Gasteiger partial charge in [0.2, 0.25) is 18.2 Å². The topological polar surface area (TPSA) is 142 Å². The van der Waals surface area contributed by atoms with Crippen molar-refractivity contribution in [2.75, 3.05) is 12.0 Å². The molecule has 2 saturated heterocycles. The fraction of sp³-hybridized carbons (Fsp3) is 0.500. The molecule has 2 N–H and O–H groups in total. The van der Waals surface area contributed by atoms with Gasteiger partial charge in [-0.25, -0.2) is 4.79 Å². The van der Waals surface area contributed by atoms with Crippen molar-refractivity contribution in [3.8, 4) is 0 Å². The van der Waals surface area contributed by atoms with Gasteiger partial charge in [-0.1, -0.05) is 30.3 Å². The minimum atomic E-state index is -1.13. The van der Waals surface area contributed by atoms with Crippen LogP contribution in [-0.2, 0) is 40.0 Å². The molecule has 2 aliphatic heterocycles. The summed E-state index contributed by atoms with van der Waals surface area (Å²) < 4.78 is 0. The number of benzene rings is 1. The van der Waals surface area contributed by atoms with Gasteiger partial charge in [0.1, 0.15) is 18.1 Å². The first-order chi connectivity index (χ1) is 17.3. The van der Waals surface area contributed by atoms with Crippen LogP contribution in [0.15, 0.2) is 30.3 Å². The number of carbonyl (C=O) groups is 6. The van der Waals surface area contributed by atoms with Crippen LogP contribution in [0.1, 0.15) is 38.2 Å². The third-order valence-electron chi connectivity index (χ3n) is 6.18. The molecule has 2 fully saturated rings. The van der Waals surface area contributed by atoms with E-state index in [0.717, 1.165) is 5.56 Å². The second-order valence-electron chi connectivity index (χ2n) is 8.71. The van der Waals surface area contributed by atoms with Gasteiger partial charge in [-0.05, 0) is 37.3 Å². The number of imide groups is 1. The molecule has 36 heavy (non-hydrogen) atoms. The zero-order valence-electron chi connectivity index (χ0n) is 20.2. The Labute approximate surface area is 213 Å². The van der Waals surface area contributed by atoms with E-state index in [1.807, 2.05) is 12.3 Å². The molecule has 0 bridgehead atoms. The molecule has 12 heteroatoms. The number of nitrogens with one attached hydrogen (secondary N) is 2. The number of rotatable bonds is 12. The minimum absolute atomic E-state index is 0.0465. The average molecular weight is 519 g/mol. The van der Waals surface area contributed by atoms with Crippen molar-refractivity contribution in [3.05, 3.63) is 35.9 Å². The molecule has 1 aromatic carbocycles. The molecule has 0 radical (unpaired) electrons. The molecule has 3 rings (SSSR count). The van der Waals surface area contributed by atoms with E-state index in [0.29, 0.717) is 23.6 Å². The maximum Gasteiger partial charge on any atom is 0.355 e. The lowest BCUT2D eigenvalue weighted by Crippen LogP contribution is -2.53. The van der Waals surface area contributed by atoms with Crippen LogP contribution in [0.2, 0.25) is 0 Å². The van der Waals surface area contributed by atoms with Gasteiger partial charge in [-0.15, -0.1) is 5.06 Å². The second kappa shape index (κ2) is 12.5. The van der Waals surface area contributed by atoms with Gasteiger partial charge in [0, 0.05) is 25.3 Å². The van der Waals surface area contributed by atoms with Gasteiger partial charge in [0.15, 0.2) is 0 Å². The molecule has 1 unspecified atom stereocenters. The van der Waals surface area contributed by atoms with Crippen molar-refractivity contribution >= 4 is 47.8 Å². The first-order valence-electron chi connectivity index (χ1n) is 11.7. The lowest BCUT2D eigenvalue weighted by atomic mass is 10.0. The van der Waals surface area contributed by atoms with Crippen LogP contribution in [0.3, 0.4) is 0 Å². The number of amides is 5. The van der Waals surface area contributed by atoms with Crippen molar-refractivity contribution < 1.29 is 33.6 Å². The number of hydrogen-bond donors (Lipinski definition) is 2. The minimum Gasteiger partial charge on any atom is -0.347 e. The summed E-state index contributed by atoms with van der Waals surface area (Å²) >= 11 is 1.52. The predicted molar refractivity (Wildman–Crippen MR) is 130 cm³/mol. The van der Waals surface area contributed by atoms with E-state index in [-0.39, 0.29) is 25.7 Å². The molecule has 194 valence electrons. The molecule has 2 aliphatic rings. The predicted octanol–water partition coefficient (Wildman–Crippen LogP) is 0.178. The molecule has 0 aliphatic carbocycles. The van der Waals surface area contributed by atoms with Crippen LogP contribution in [-0.4, -0.2) is 82.1 Å². The molecule has 0 saturated carbocycles. The molecule has 2 heterocycles. The molecule has 1 aromatic rings. The van der Waals surface area contributed by atoms with E-state index in [1.165, 1.54) is 16.7 Å². The molecule has 4 atom stereocenters. The highest BCUT2D eigenvalue weighted by atomic mass is 32.2. The summed E-state index contributed by atoms with van der Waals surface area (Å²) in [4.78, 5) is 80.8.